The van der Waals surface area contributed by atoms with E-state index in [0.717, 1.165) is 29.4 Å². The van der Waals surface area contributed by atoms with Crippen LogP contribution in [-0.2, 0) is 4.79 Å². The van der Waals surface area contributed by atoms with Crippen LogP contribution in [0.4, 0.5) is 0 Å². The van der Waals surface area contributed by atoms with Crippen molar-refractivity contribution in [2.45, 2.75) is 80.8 Å². The Hall–Kier alpha value is -1.00. The number of hydrogen-bond donors (Lipinski definition) is 2. The van der Waals surface area contributed by atoms with Gasteiger partial charge in [-0.15, -0.1) is 11.6 Å². The minimum atomic E-state index is -0.820. The van der Waals surface area contributed by atoms with Crippen LogP contribution in [0.5, 0.6) is 0 Å². The molecule has 150 valence electrons. The second-order valence-electron chi connectivity index (χ2n) is 7.39. The Morgan fingerprint density at radius 1 is 1.15 bits per heavy atom. The van der Waals surface area contributed by atoms with E-state index in [1.165, 1.54) is 38.5 Å². The van der Waals surface area contributed by atoms with Gasteiger partial charge in [-0.05, 0) is 23.9 Å². The van der Waals surface area contributed by atoms with Crippen LogP contribution in [0.1, 0.15) is 76.3 Å². The molecule has 3 nitrogen and oxygen atoms in total. The highest BCUT2D eigenvalue weighted by atomic mass is 79.9. The van der Waals surface area contributed by atoms with Gasteiger partial charge in [-0.1, -0.05) is 86.0 Å². The van der Waals surface area contributed by atoms with Gasteiger partial charge in [0.15, 0.2) is 0 Å². The summed E-state index contributed by atoms with van der Waals surface area (Å²) in [5, 5.41) is 10.2. The van der Waals surface area contributed by atoms with Crippen LogP contribution in [0.2, 0.25) is 0 Å². The lowest BCUT2D eigenvalue weighted by Crippen LogP contribution is -2.25. The van der Waals surface area contributed by atoms with Gasteiger partial charge in [0.25, 0.3) is 0 Å². The molecule has 3 unspecified atom stereocenters. The van der Waals surface area contributed by atoms with E-state index in [4.69, 9.17) is 11.6 Å². The molecule has 0 fully saturated rings. The zero-order valence-electron chi connectivity index (χ0n) is 16.1. The van der Waals surface area contributed by atoms with Crippen LogP contribution in [0, 0.1) is 0 Å². The van der Waals surface area contributed by atoms with Crippen LogP contribution in [0.25, 0.3) is 10.9 Å². The molecule has 27 heavy (non-hydrogen) atoms. The average molecular weight is 457 g/mol. The second kappa shape index (κ2) is 11.8. The number of nitrogens with one attached hydrogen (secondary N) is 1. The van der Waals surface area contributed by atoms with Crippen molar-refractivity contribution in [3.63, 3.8) is 0 Å². The largest absolute Gasteiger partial charge is 0.481 e. The monoisotopic (exact) mass is 455 g/mol. The normalized spacial score (nSPS) is 14.9. The molecule has 0 radical (unpaired) electrons. The van der Waals surface area contributed by atoms with Crippen LogP contribution >= 0.6 is 27.5 Å². The highest BCUT2D eigenvalue weighted by Gasteiger charge is 2.30. The summed E-state index contributed by atoms with van der Waals surface area (Å²) >= 11 is 10.5. The van der Waals surface area contributed by atoms with Crippen molar-refractivity contribution in [3.8, 4) is 0 Å². The van der Waals surface area contributed by atoms with E-state index in [9.17, 15) is 9.90 Å². The fourth-order valence-electron chi connectivity index (χ4n) is 3.59. The maximum atomic E-state index is 11.4. The van der Waals surface area contributed by atoms with Gasteiger partial charge in [-0.2, -0.15) is 0 Å². The zero-order valence-corrected chi connectivity index (χ0v) is 18.4. The number of aromatic nitrogens is 1. The van der Waals surface area contributed by atoms with Crippen molar-refractivity contribution in [1.82, 2.24) is 4.98 Å². The number of benzene rings is 1. The third kappa shape index (κ3) is 7.15. The number of carbonyl (C=O) groups is 1. The fraction of sp³-hybridized carbons (Fsp3) is 0.591. The van der Waals surface area contributed by atoms with E-state index in [0.29, 0.717) is 0 Å². The first-order valence-corrected chi connectivity index (χ1v) is 11.5. The van der Waals surface area contributed by atoms with Gasteiger partial charge in [0.2, 0.25) is 0 Å². The molecule has 0 saturated heterocycles. The van der Waals surface area contributed by atoms with Crippen molar-refractivity contribution >= 4 is 44.4 Å². The lowest BCUT2D eigenvalue weighted by molar-refractivity contribution is -0.137. The second-order valence-corrected chi connectivity index (χ2v) is 9.07. The van der Waals surface area contributed by atoms with Gasteiger partial charge in [0, 0.05) is 22.0 Å². The Bertz CT molecular complexity index is 669. The summed E-state index contributed by atoms with van der Waals surface area (Å²) in [6.07, 6.45) is 9.84. The maximum absolute atomic E-state index is 11.4. The predicted octanol–water partition coefficient (Wildman–Crippen LogP) is 7.24. The third-order valence-electron chi connectivity index (χ3n) is 5.16. The first-order valence-electron chi connectivity index (χ1n) is 10.1. The van der Waals surface area contributed by atoms with Gasteiger partial charge in [0.05, 0.1) is 11.8 Å². The first kappa shape index (κ1) is 22.3. The Morgan fingerprint density at radius 3 is 2.48 bits per heavy atom. The number of rotatable bonds is 13. The lowest BCUT2D eigenvalue weighted by Gasteiger charge is -2.24. The molecule has 5 heteroatoms. The van der Waals surface area contributed by atoms with Crippen molar-refractivity contribution < 1.29 is 9.90 Å². The third-order valence-corrected chi connectivity index (χ3v) is 7.10. The molecule has 2 N–H and O–H groups in total. The van der Waals surface area contributed by atoms with E-state index in [1.54, 1.807) is 0 Å². The van der Waals surface area contributed by atoms with E-state index >= 15 is 0 Å². The van der Waals surface area contributed by atoms with Gasteiger partial charge in [0.1, 0.15) is 0 Å². The summed E-state index contributed by atoms with van der Waals surface area (Å²) in [6.45, 7) is 2.23. The molecule has 0 aliphatic carbocycles. The Morgan fingerprint density at radius 2 is 1.81 bits per heavy atom. The number of carboxylic acid groups (broad SMARTS) is 1. The van der Waals surface area contributed by atoms with Crippen LogP contribution < -0.4 is 0 Å². The minimum Gasteiger partial charge on any atom is -0.481 e. The molecule has 2 aromatic rings. The Balaban J connectivity index is 1.93. The highest BCUT2D eigenvalue weighted by molar-refractivity contribution is 9.09. The number of fused-ring (bicyclic) bond motifs is 1. The van der Waals surface area contributed by atoms with Gasteiger partial charge in [-0.3, -0.25) is 4.79 Å². The number of aliphatic carboxylic acids is 1. The molecule has 0 spiro atoms. The van der Waals surface area contributed by atoms with E-state index < -0.39 is 5.97 Å². The van der Waals surface area contributed by atoms with Crippen LogP contribution in [0.15, 0.2) is 30.3 Å². The number of aromatic amines is 1. The Labute approximate surface area is 176 Å². The molecule has 0 aliphatic heterocycles. The molecule has 0 saturated carbocycles. The number of unbranched alkanes of at least 4 members (excludes halogenated alkanes) is 6. The van der Waals surface area contributed by atoms with Crippen molar-refractivity contribution in [3.05, 3.63) is 36.0 Å². The molecule has 3 atom stereocenters. The van der Waals surface area contributed by atoms with Gasteiger partial charge >= 0.3 is 5.97 Å². The summed E-state index contributed by atoms with van der Waals surface area (Å²) in [5.41, 5.74) is 1.92. The van der Waals surface area contributed by atoms with E-state index in [2.05, 4.69) is 27.8 Å². The molecule has 0 aliphatic rings. The van der Waals surface area contributed by atoms with Crippen LogP contribution in [-0.4, -0.2) is 26.3 Å². The topological polar surface area (TPSA) is 53.1 Å². The summed E-state index contributed by atoms with van der Waals surface area (Å²) in [4.78, 5) is 14.9. The van der Waals surface area contributed by atoms with Crippen LogP contribution in [0.3, 0.4) is 0 Å². The molecule has 0 bridgehead atoms. The number of hydrogen-bond acceptors (Lipinski definition) is 1. The molecule has 1 aromatic carbocycles. The summed E-state index contributed by atoms with van der Waals surface area (Å²) in [7, 11) is 0. The smallest absolute Gasteiger partial charge is 0.304 e. The van der Waals surface area contributed by atoms with Gasteiger partial charge in [-0.25, -0.2) is 0 Å². The van der Waals surface area contributed by atoms with E-state index in [-0.39, 0.29) is 22.5 Å². The fourth-order valence-corrected chi connectivity index (χ4v) is 4.63. The number of H-pyrrole nitrogens is 1. The number of carboxylic acids is 1. The SMILES string of the molecule is CCCCCCCCCC(Br)C(Cl)C(CC(=O)O)c1cc2ccccc2[nH]1. The average Bonchev–Trinajstić information content (AvgIpc) is 3.08. The summed E-state index contributed by atoms with van der Waals surface area (Å²) < 4.78 is 0. The standard InChI is InChI=1S/C22H31BrClNO2/c1-2-3-4-5-6-7-8-12-18(23)22(24)17(15-21(26)27)20-14-16-11-9-10-13-19(16)25-20/h9-11,13-14,17-18,22,25H,2-8,12,15H2,1H3,(H,26,27). The number of alkyl halides is 2. The Kier molecular flexibility index (Phi) is 9.70. The summed E-state index contributed by atoms with van der Waals surface area (Å²) in [6, 6.07) is 10.0. The van der Waals surface area contributed by atoms with Gasteiger partial charge < -0.3 is 10.1 Å². The molecular formula is C22H31BrClNO2. The number of halogens is 2. The molecule has 1 heterocycles. The van der Waals surface area contributed by atoms with E-state index in [1.807, 2.05) is 30.3 Å². The van der Waals surface area contributed by atoms with Crippen molar-refractivity contribution in [2.24, 2.45) is 0 Å². The predicted molar refractivity (Wildman–Crippen MR) is 118 cm³/mol. The van der Waals surface area contributed by atoms with Crippen molar-refractivity contribution in [1.29, 1.82) is 0 Å². The lowest BCUT2D eigenvalue weighted by atomic mass is 9.93. The van der Waals surface area contributed by atoms with Crippen molar-refractivity contribution in [2.75, 3.05) is 0 Å². The molecule has 0 amide bonds. The minimum absolute atomic E-state index is 0.0279. The molecule has 1 aromatic heterocycles. The number of para-hydroxylation sites is 1. The molecular weight excluding hydrogens is 426 g/mol. The summed E-state index contributed by atoms with van der Waals surface area (Å²) in [5.74, 6) is -1.06. The molecule has 2 rings (SSSR count). The maximum Gasteiger partial charge on any atom is 0.304 e. The first-order chi connectivity index (χ1) is 13.0. The highest BCUT2D eigenvalue weighted by Crippen LogP contribution is 2.35. The quantitative estimate of drug-likeness (QED) is 0.246. The zero-order chi connectivity index (χ0) is 19.6.